The zero-order chi connectivity index (χ0) is 17.6. The Bertz CT molecular complexity index is 899. The van der Waals surface area contributed by atoms with E-state index in [-0.39, 0.29) is 5.91 Å². The average molecular weight is 353 g/mol. The highest BCUT2D eigenvalue weighted by Gasteiger charge is 2.08. The predicted octanol–water partition coefficient (Wildman–Crippen LogP) is 3.26. The van der Waals surface area contributed by atoms with E-state index in [9.17, 15) is 9.00 Å². The molecule has 0 saturated heterocycles. The van der Waals surface area contributed by atoms with Gasteiger partial charge in [-0.1, -0.05) is 6.07 Å². The average Bonchev–Trinajstić information content (AvgIpc) is 2.63. The lowest BCUT2D eigenvalue weighted by Crippen LogP contribution is -2.11. The first-order valence-electron chi connectivity index (χ1n) is 7.40. The number of benzene rings is 2. The van der Waals surface area contributed by atoms with Gasteiger partial charge >= 0.3 is 0 Å². The lowest BCUT2D eigenvalue weighted by atomic mass is 10.2. The van der Waals surface area contributed by atoms with Crippen molar-refractivity contribution < 1.29 is 13.7 Å². The van der Waals surface area contributed by atoms with Crippen LogP contribution in [0.25, 0.3) is 0 Å². The molecule has 6 nitrogen and oxygen atoms in total. The number of hydrogen-bond acceptors (Lipinski definition) is 5. The molecule has 1 N–H and O–H groups in total. The molecule has 1 atom stereocenters. The number of carbonyl (C=O) groups excluding carboxylic acids is 1. The van der Waals surface area contributed by atoms with E-state index in [1.165, 1.54) is 12.4 Å². The van der Waals surface area contributed by atoms with Gasteiger partial charge in [0, 0.05) is 51.7 Å². The second-order valence-electron chi connectivity index (χ2n) is 5.11. The number of anilines is 1. The zero-order valence-electron chi connectivity index (χ0n) is 13.4. The van der Waals surface area contributed by atoms with Gasteiger partial charge in [0.15, 0.2) is 0 Å². The SMILES string of the molecule is C[S@](=O)c1ccc(C(=O)Nc2cccc(Oc3cnccn3)c2)cc1. The van der Waals surface area contributed by atoms with Gasteiger partial charge in [0.25, 0.3) is 5.91 Å². The first kappa shape index (κ1) is 16.8. The Labute approximate surface area is 147 Å². The maximum absolute atomic E-state index is 12.3. The van der Waals surface area contributed by atoms with E-state index < -0.39 is 10.8 Å². The predicted molar refractivity (Wildman–Crippen MR) is 95.3 cm³/mol. The van der Waals surface area contributed by atoms with Gasteiger partial charge in [-0.3, -0.25) is 14.0 Å². The van der Waals surface area contributed by atoms with Crippen LogP contribution in [0.2, 0.25) is 0 Å². The van der Waals surface area contributed by atoms with Crippen molar-refractivity contribution in [2.24, 2.45) is 0 Å². The van der Waals surface area contributed by atoms with Crippen LogP contribution in [0.15, 0.2) is 72.0 Å². The molecule has 1 aromatic heterocycles. The van der Waals surface area contributed by atoms with Gasteiger partial charge in [0.1, 0.15) is 5.75 Å². The largest absolute Gasteiger partial charge is 0.437 e. The normalized spacial score (nSPS) is 11.6. The third-order valence-corrected chi connectivity index (χ3v) is 4.24. The highest BCUT2D eigenvalue weighted by molar-refractivity contribution is 7.84. The van der Waals surface area contributed by atoms with E-state index in [1.54, 1.807) is 61.0 Å². The van der Waals surface area contributed by atoms with Gasteiger partial charge in [-0.05, 0) is 36.4 Å². The molecular formula is C18H15N3O3S. The molecule has 126 valence electrons. The number of hydrogen-bond donors (Lipinski definition) is 1. The van der Waals surface area contributed by atoms with Crippen LogP contribution in [0.5, 0.6) is 11.6 Å². The topological polar surface area (TPSA) is 81.2 Å². The summed E-state index contributed by atoms with van der Waals surface area (Å²) in [5.41, 5.74) is 1.07. The smallest absolute Gasteiger partial charge is 0.255 e. The standard InChI is InChI=1S/C18H15N3O3S/c1-25(23)16-7-5-13(6-8-16)18(22)21-14-3-2-4-15(11-14)24-17-12-19-9-10-20-17/h2-12H,1H3,(H,21,22)/t25-/m0/s1. The summed E-state index contributed by atoms with van der Waals surface area (Å²) in [6.45, 7) is 0. The van der Waals surface area contributed by atoms with Crippen LogP contribution in [0.3, 0.4) is 0 Å². The van der Waals surface area contributed by atoms with Crippen LogP contribution in [0, 0.1) is 0 Å². The number of ether oxygens (including phenoxy) is 1. The van der Waals surface area contributed by atoms with Crippen molar-refractivity contribution in [2.45, 2.75) is 4.90 Å². The van der Waals surface area contributed by atoms with Crippen LogP contribution in [0.4, 0.5) is 5.69 Å². The van der Waals surface area contributed by atoms with Crippen molar-refractivity contribution in [3.05, 3.63) is 72.7 Å². The third-order valence-electron chi connectivity index (χ3n) is 3.30. The number of amides is 1. The van der Waals surface area contributed by atoms with Crippen LogP contribution in [0.1, 0.15) is 10.4 Å². The van der Waals surface area contributed by atoms with E-state index in [4.69, 9.17) is 4.74 Å². The molecule has 0 saturated carbocycles. The molecule has 7 heteroatoms. The number of nitrogens with zero attached hydrogens (tertiary/aromatic N) is 2. The highest BCUT2D eigenvalue weighted by Crippen LogP contribution is 2.22. The summed E-state index contributed by atoms with van der Waals surface area (Å²) in [7, 11) is -1.07. The first-order valence-corrected chi connectivity index (χ1v) is 8.96. The molecule has 0 aliphatic heterocycles. The van der Waals surface area contributed by atoms with E-state index in [1.807, 2.05) is 0 Å². The molecule has 2 aromatic carbocycles. The molecule has 0 unspecified atom stereocenters. The monoisotopic (exact) mass is 353 g/mol. The van der Waals surface area contributed by atoms with E-state index in [0.717, 1.165) is 0 Å². The van der Waals surface area contributed by atoms with Crippen molar-refractivity contribution in [3.8, 4) is 11.6 Å². The zero-order valence-corrected chi connectivity index (χ0v) is 14.2. The molecule has 25 heavy (non-hydrogen) atoms. The van der Waals surface area contributed by atoms with Crippen LogP contribution in [-0.2, 0) is 10.8 Å². The molecule has 0 aliphatic rings. The van der Waals surface area contributed by atoms with Crippen LogP contribution >= 0.6 is 0 Å². The molecule has 0 spiro atoms. The fourth-order valence-electron chi connectivity index (χ4n) is 2.10. The second kappa shape index (κ2) is 7.67. The van der Waals surface area contributed by atoms with Gasteiger partial charge in [-0.15, -0.1) is 0 Å². The number of carbonyl (C=O) groups is 1. The minimum Gasteiger partial charge on any atom is -0.437 e. The Kier molecular flexibility index (Phi) is 5.15. The quantitative estimate of drug-likeness (QED) is 0.761. The number of rotatable bonds is 5. The summed E-state index contributed by atoms with van der Waals surface area (Å²) in [6.07, 6.45) is 6.19. The van der Waals surface area contributed by atoms with E-state index in [0.29, 0.717) is 27.8 Å². The summed E-state index contributed by atoms with van der Waals surface area (Å²) >= 11 is 0. The number of nitrogens with one attached hydrogen (secondary N) is 1. The van der Waals surface area contributed by atoms with Crippen molar-refractivity contribution in [1.29, 1.82) is 0 Å². The summed E-state index contributed by atoms with van der Waals surface area (Å²) in [5, 5.41) is 2.80. The van der Waals surface area contributed by atoms with Crippen LogP contribution in [-0.4, -0.2) is 26.3 Å². The Hall–Kier alpha value is -3.06. The summed E-state index contributed by atoms with van der Waals surface area (Å²) in [4.78, 5) is 21.0. The minimum absolute atomic E-state index is 0.259. The third kappa shape index (κ3) is 4.48. The summed E-state index contributed by atoms with van der Waals surface area (Å²) < 4.78 is 17.0. The fourth-order valence-corrected chi connectivity index (χ4v) is 2.62. The van der Waals surface area contributed by atoms with Gasteiger partial charge in [-0.25, -0.2) is 4.98 Å². The lowest BCUT2D eigenvalue weighted by molar-refractivity contribution is 0.102. The Morgan fingerprint density at radius 1 is 1.12 bits per heavy atom. The van der Waals surface area contributed by atoms with Gasteiger partial charge in [0.05, 0.1) is 6.20 Å². The van der Waals surface area contributed by atoms with E-state index >= 15 is 0 Å². The summed E-state index contributed by atoms with van der Waals surface area (Å²) in [6, 6.07) is 13.6. The molecule has 1 heterocycles. The molecule has 3 aromatic rings. The number of aromatic nitrogens is 2. The van der Waals surface area contributed by atoms with Crippen molar-refractivity contribution in [1.82, 2.24) is 9.97 Å². The second-order valence-corrected chi connectivity index (χ2v) is 6.49. The van der Waals surface area contributed by atoms with Crippen molar-refractivity contribution in [3.63, 3.8) is 0 Å². The van der Waals surface area contributed by atoms with Gasteiger partial charge in [0.2, 0.25) is 5.88 Å². The maximum Gasteiger partial charge on any atom is 0.255 e. The van der Waals surface area contributed by atoms with Crippen molar-refractivity contribution in [2.75, 3.05) is 11.6 Å². The van der Waals surface area contributed by atoms with Crippen molar-refractivity contribution >= 4 is 22.4 Å². The van der Waals surface area contributed by atoms with E-state index in [2.05, 4.69) is 15.3 Å². The molecule has 0 fully saturated rings. The molecule has 3 rings (SSSR count). The molecule has 1 amide bonds. The van der Waals surface area contributed by atoms with Gasteiger partial charge < -0.3 is 10.1 Å². The van der Waals surface area contributed by atoms with Gasteiger partial charge in [-0.2, -0.15) is 0 Å². The molecular weight excluding hydrogens is 338 g/mol. The fraction of sp³-hybridized carbons (Fsp3) is 0.0556. The first-order chi connectivity index (χ1) is 12.1. The highest BCUT2D eigenvalue weighted by atomic mass is 32.2. The maximum atomic E-state index is 12.3. The van der Waals surface area contributed by atoms with Crippen LogP contribution < -0.4 is 10.1 Å². The Morgan fingerprint density at radius 2 is 1.92 bits per heavy atom. The molecule has 0 radical (unpaired) electrons. The minimum atomic E-state index is -1.07. The Balaban J connectivity index is 1.71. The summed E-state index contributed by atoms with van der Waals surface area (Å²) in [5.74, 6) is 0.647. The Morgan fingerprint density at radius 3 is 2.60 bits per heavy atom. The lowest BCUT2D eigenvalue weighted by Gasteiger charge is -2.08. The molecule has 0 bridgehead atoms. The molecule has 0 aliphatic carbocycles.